The molecule has 1 amide bonds. The first kappa shape index (κ1) is 14.8. The quantitative estimate of drug-likeness (QED) is 0.821. The van der Waals surface area contributed by atoms with Gasteiger partial charge in [0.2, 0.25) is 5.91 Å². The molecule has 3 nitrogen and oxygen atoms in total. The molecule has 0 radical (unpaired) electrons. The summed E-state index contributed by atoms with van der Waals surface area (Å²) < 4.78 is 0. The monoisotopic (exact) mass is 266 g/mol. The lowest BCUT2D eigenvalue weighted by atomic mass is 9.82. The maximum Gasteiger partial charge on any atom is 0.220 e. The lowest BCUT2D eigenvalue weighted by Gasteiger charge is -2.35. The first-order valence-electron chi connectivity index (χ1n) is 8.11. The van der Waals surface area contributed by atoms with Crippen molar-refractivity contribution in [1.82, 2.24) is 10.6 Å². The molecule has 0 spiro atoms. The van der Waals surface area contributed by atoms with E-state index in [2.05, 4.69) is 24.5 Å². The molecular weight excluding hydrogens is 236 g/mol. The fraction of sp³-hybridized carbons (Fsp3) is 0.938. The van der Waals surface area contributed by atoms with Crippen LogP contribution in [0.3, 0.4) is 0 Å². The second-order valence-corrected chi connectivity index (χ2v) is 6.96. The molecule has 0 aromatic heterocycles. The van der Waals surface area contributed by atoms with Gasteiger partial charge in [0.1, 0.15) is 0 Å². The molecule has 1 heterocycles. The average molecular weight is 266 g/mol. The van der Waals surface area contributed by atoms with Crippen LogP contribution in [0.4, 0.5) is 0 Å². The minimum Gasteiger partial charge on any atom is -0.351 e. The van der Waals surface area contributed by atoms with Crippen molar-refractivity contribution in [3.05, 3.63) is 0 Å². The van der Waals surface area contributed by atoms with Gasteiger partial charge in [-0.15, -0.1) is 0 Å². The lowest BCUT2D eigenvalue weighted by molar-refractivity contribution is -0.124. The minimum absolute atomic E-state index is 0.0693. The number of hydrogen-bond acceptors (Lipinski definition) is 2. The number of carbonyl (C=O) groups excluding carboxylic acids is 1. The van der Waals surface area contributed by atoms with Gasteiger partial charge in [0.25, 0.3) is 0 Å². The van der Waals surface area contributed by atoms with Crippen LogP contribution in [-0.2, 0) is 4.79 Å². The van der Waals surface area contributed by atoms with Gasteiger partial charge in [-0.05, 0) is 57.5 Å². The topological polar surface area (TPSA) is 41.1 Å². The molecule has 0 aromatic carbocycles. The number of rotatable bonds is 4. The third kappa shape index (κ3) is 4.48. The molecular formula is C16H30N2O. The van der Waals surface area contributed by atoms with E-state index in [-0.39, 0.29) is 11.4 Å². The third-order valence-electron chi connectivity index (χ3n) is 5.05. The van der Waals surface area contributed by atoms with E-state index in [1.807, 2.05) is 0 Å². The molecule has 19 heavy (non-hydrogen) atoms. The summed E-state index contributed by atoms with van der Waals surface area (Å²) in [7, 11) is 0. The molecule has 1 saturated heterocycles. The van der Waals surface area contributed by atoms with Crippen molar-refractivity contribution in [3.8, 4) is 0 Å². The Bertz CT molecular complexity index is 291. The summed E-state index contributed by atoms with van der Waals surface area (Å²) >= 11 is 0. The summed E-state index contributed by atoms with van der Waals surface area (Å²) in [4.78, 5) is 12.2. The number of nitrogens with one attached hydrogen (secondary N) is 2. The highest BCUT2D eigenvalue weighted by molar-refractivity contribution is 5.77. The van der Waals surface area contributed by atoms with Crippen LogP contribution >= 0.6 is 0 Å². The molecule has 2 aliphatic rings. The molecule has 110 valence electrons. The molecule has 0 bridgehead atoms. The fourth-order valence-electron chi connectivity index (χ4n) is 3.67. The molecule has 1 aliphatic carbocycles. The predicted molar refractivity (Wildman–Crippen MR) is 79.0 cm³/mol. The standard InChI is InChI=1S/C16H30N2O/c1-13(14-7-6-10-17-12-14)11-15(19)18-16(2)8-4-3-5-9-16/h13-14,17H,3-12H2,1-2H3,(H,18,19). The van der Waals surface area contributed by atoms with Crippen LogP contribution in [0.5, 0.6) is 0 Å². The zero-order valence-electron chi connectivity index (χ0n) is 12.6. The molecule has 3 heteroatoms. The number of piperidine rings is 1. The van der Waals surface area contributed by atoms with Crippen molar-refractivity contribution in [2.45, 2.75) is 70.8 Å². The molecule has 2 N–H and O–H groups in total. The number of hydrogen-bond donors (Lipinski definition) is 2. The van der Waals surface area contributed by atoms with E-state index in [4.69, 9.17) is 0 Å². The minimum atomic E-state index is 0.0693. The van der Waals surface area contributed by atoms with Crippen molar-refractivity contribution < 1.29 is 4.79 Å². The van der Waals surface area contributed by atoms with E-state index < -0.39 is 0 Å². The Kier molecular flexibility index (Phi) is 5.26. The summed E-state index contributed by atoms with van der Waals surface area (Å²) in [5.74, 6) is 1.45. The predicted octanol–water partition coefficient (Wildman–Crippen LogP) is 2.85. The molecule has 1 saturated carbocycles. The van der Waals surface area contributed by atoms with Crippen LogP contribution in [0.2, 0.25) is 0 Å². The highest BCUT2D eigenvalue weighted by Gasteiger charge is 2.29. The molecule has 1 aliphatic heterocycles. The average Bonchev–Trinajstić information content (AvgIpc) is 2.39. The van der Waals surface area contributed by atoms with Crippen molar-refractivity contribution >= 4 is 5.91 Å². The second kappa shape index (κ2) is 6.74. The summed E-state index contributed by atoms with van der Waals surface area (Å²) in [5.41, 5.74) is 0.0693. The van der Waals surface area contributed by atoms with Gasteiger partial charge in [-0.25, -0.2) is 0 Å². The van der Waals surface area contributed by atoms with Crippen LogP contribution < -0.4 is 10.6 Å². The van der Waals surface area contributed by atoms with Crippen LogP contribution in [0.15, 0.2) is 0 Å². The first-order valence-corrected chi connectivity index (χ1v) is 8.11. The zero-order valence-corrected chi connectivity index (χ0v) is 12.6. The highest BCUT2D eigenvalue weighted by Crippen LogP contribution is 2.28. The number of amides is 1. The van der Waals surface area contributed by atoms with Crippen LogP contribution in [-0.4, -0.2) is 24.5 Å². The van der Waals surface area contributed by atoms with Gasteiger partial charge >= 0.3 is 0 Å². The van der Waals surface area contributed by atoms with Crippen molar-refractivity contribution in [2.75, 3.05) is 13.1 Å². The van der Waals surface area contributed by atoms with E-state index in [9.17, 15) is 4.79 Å². The largest absolute Gasteiger partial charge is 0.351 e. The van der Waals surface area contributed by atoms with Crippen LogP contribution in [0, 0.1) is 11.8 Å². The lowest BCUT2D eigenvalue weighted by Crippen LogP contribution is -2.48. The van der Waals surface area contributed by atoms with E-state index >= 15 is 0 Å². The van der Waals surface area contributed by atoms with Crippen molar-refractivity contribution in [3.63, 3.8) is 0 Å². The molecule has 2 rings (SSSR count). The Labute approximate surface area is 117 Å². The smallest absolute Gasteiger partial charge is 0.220 e. The van der Waals surface area contributed by atoms with E-state index in [0.29, 0.717) is 18.3 Å². The van der Waals surface area contributed by atoms with E-state index in [0.717, 1.165) is 25.9 Å². The molecule has 0 aromatic rings. The molecule has 2 atom stereocenters. The van der Waals surface area contributed by atoms with Gasteiger partial charge in [0.05, 0.1) is 0 Å². The Hall–Kier alpha value is -0.570. The molecule has 2 fully saturated rings. The Balaban J connectivity index is 1.76. The third-order valence-corrected chi connectivity index (χ3v) is 5.05. The van der Waals surface area contributed by atoms with Gasteiger partial charge in [-0.2, -0.15) is 0 Å². The zero-order chi connectivity index (χ0) is 13.7. The van der Waals surface area contributed by atoms with Gasteiger partial charge in [0, 0.05) is 12.0 Å². The van der Waals surface area contributed by atoms with Gasteiger partial charge in [-0.3, -0.25) is 4.79 Å². The van der Waals surface area contributed by atoms with Gasteiger partial charge in [0.15, 0.2) is 0 Å². The fourth-order valence-corrected chi connectivity index (χ4v) is 3.67. The summed E-state index contributed by atoms with van der Waals surface area (Å²) in [6.45, 7) is 6.69. The summed E-state index contributed by atoms with van der Waals surface area (Å²) in [5, 5.41) is 6.75. The van der Waals surface area contributed by atoms with Crippen molar-refractivity contribution in [2.24, 2.45) is 11.8 Å². The van der Waals surface area contributed by atoms with Gasteiger partial charge in [-0.1, -0.05) is 26.2 Å². The van der Waals surface area contributed by atoms with E-state index in [1.165, 1.54) is 32.1 Å². The van der Waals surface area contributed by atoms with Crippen LogP contribution in [0.25, 0.3) is 0 Å². The van der Waals surface area contributed by atoms with E-state index in [1.54, 1.807) is 0 Å². The number of carbonyl (C=O) groups is 1. The van der Waals surface area contributed by atoms with Crippen LogP contribution in [0.1, 0.15) is 65.2 Å². The first-order chi connectivity index (χ1) is 9.09. The second-order valence-electron chi connectivity index (χ2n) is 6.96. The maximum atomic E-state index is 12.2. The summed E-state index contributed by atoms with van der Waals surface area (Å²) in [6, 6.07) is 0. The normalized spacial score (nSPS) is 28.6. The Morgan fingerprint density at radius 1 is 1.32 bits per heavy atom. The maximum absolute atomic E-state index is 12.2. The van der Waals surface area contributed by atoms with Gasteiger partial charge < -0.3 is 10.6 Å². The summed E-state index contributed by atoms with van der Waals surface area (Å²) in [6.07, 6.45) is 9.39. The Morgan fingerprint density at radius 3 is 2.68 bits per heavy atom. The molecule has 2 unspecified atom stereocenters. The Morgan fingerprint density at radius 2 is 2.05 bits per heavy atom. The SMILES string of the molecule is CC(CC(=O)NC1(C)CCCCC1)C1CCCNC1. The highest BCUT2D eigenvalue weighted by atomic mass is 16.1. The van der Waals surface area contributed by atoms with Crippen molar-refractivity contribution in [1.29, 1.82) is 0 Å².